The highest BCUT2D eigenvalue weighted by Gasteiger charge is 2.18. The summed E-state index contributed by atoms with van der Waals surface area (Å²) in [5.41, 5.74) is 1.49. The number of nitrogens with zero attached hydrogens (tertiary/aromatic N) is 1. The van der Waals surface area contributed by atoms with Crippen LogP contribution in [-0.4, -0.2) is 37.1 Å². The van der Waals surface area contributed by atoms with Crippen LogP contribution in [0.3, 0.4) is 0 Å². The Morgan fingerprint density at radius 3 is 2.58 bits per heavy atom. The van der Waals surface area contributed by atoms with E-state index in [2.05, 4.69) is 17.2 Å². The fraction of sp³-hybridized carbons (Fsp3) is 0.421. The average Bonchev–Trinajstić information content (AvgIpc) is 3.05. The Morgan fingerprint density at radius 2 is 1.92 bits per heavy atom. The van der Waals surface area contributed by atoms with Crippen molar-refractivity contribution in [3.8, 4) is 16.3 Å². The summed E-state index contributed by atoms with van der Waals surface area (Å²) < 4.78 is 10.3. The standard InChI is InChI=1S/C19H24N2O4S/c1-4-5-6-11-20-16(22)12-25-19(23)17-13(2)21-18(26-17)14-7-9-15(24-3)10-8-14/h7-10H,4-6,11-12H2,1-3H3,(H,20,22). The van der Waals surface area contributed by atoms with E-state index in [-0.39, 0.29) is 12.5 Å². The second kappa shape index (κ2) is 9.91. The summed E-state index contributed by atoms with van der Waals surface area (Å²) in [6, 6.07) is 7.45. The molecule has 0 saturated carbocycles. The second-order valence-corrected chi connectivity index (χ2v) is 6.79. The Hall–Kier alpha value is -2.41. The van der Waals surface area contributed by atoms with Gasteiger partial charge in [0.1, 0.15) is 15.6 Å². The van der Waals surface area contributed by atoms with Gasteiger partial charge in [-0.15, -0.1) is 11.3 Å². The van der Waals surface area contributed by atoms with Crippen LogP contribution in [0.25, 0.3) is 10.6 Å². The molecule has 1 aromatic heterocycles. The van der Waals surface area contributed by atoms with Gasteiger partial charge in [-0.25, -0.2) is 9.78 Å². The van der Waals surface area contributed by atoms with Crippen molar-refractivity contribution in [1.29, 1.82) is 0 Å². The first-order valence-electron chi connectivity index (χ1n) is 8.60. The molecule has 1 amide bonds. The molecule has 0 fully saturated rings. The van der Waals surface area contributed by atoms with Crippen molar-refractivity contribution in [3.05, 3.63) is 34.8 Å². The van der Waals surface area contributed by atoms with Gasteiger partial charge in [-0.3, -0.25) is 4.79 Å². The summed E-state index contributed by atoms with van der Waals surface area (Å²) in [4.78, 5) is 28.8. The van der Waals surface area contributed by atoms with E-state index < -0.39 is 5.97 Å². The van der Waals surface area contributed by atoms with Crippen LogP contribution in [-0.2, 0) is 9.53 Å². The van der Waals surface area contributed by atoms with Crippen LogP contribution in [0, 0.1) is 6.92 Å². The van der Waals surface area contributed by atoms with Gasteiger partial charge >= 0.3 is 5.97 Å². The molecule has 2 aromatic rings. The quantitative estimate of drug-likeness (QED) is 0.534. The van der Waals surface area contributed by atoms with Gasteiger partial charge in [-0.1, -0.05) is 19.8 Å². The fourth-order valence-electron chi connectivity index (χ4n) is 2.29. The topological polar surface area (TPSA) is 77.5 Å². The number of rotatable bonds is 9. The molecule has 0 spiro atoms. The van der Waals surface area contributed by atoms with Gasteiger partial charge in [0, 0.05) is 12.1 Å². The maximum Gasteiger partial charge on any atom is 0.350 e. The Balaban J connectivity index is 1.92. The van der Waals surface area contributed by atoms with Crippen LogP contribution in [0.1, 0.15) is 41.6 Å². The predicted molar refractivity (Wildman–Crippen MR) is 102 cm³/mol. The summed E-state index contributed by atoms with van der Waals surface area (Å²) in [5, 5.41) is 3.46. The highest BCUT2D eigenvalue weighted by atomic mass is 32.1. The average molecular weight is 376 g/mol. The van der Waals surface area contributed by atoms with Crippen molar-refractivity contribution in [1.82, 2.24) is 10.3 Å². The summed E-state index contributed by atoms with van der Waals surface area (Å²) in [6.45, 7) is 4.18. The van der Waals surface area contributed by atoms with E-state index in [0.29, 0.717) is 17.1 Å². The molecule has 0 atom stereocenters. The van der Waals surface area contributed by atoms with Crippen molar-refractivity contribution in [2.45, 2.75) is 33.1 Å². The molecule has 7 heteroatoms. The summed E-state index contributed by atoms with van der Waals surface area (Å²) in [7, 11) is 1.61. The number of hydrogen-bond acceptors (Lipinski definition) is 6. The predicted octanol–water partition coefficient (Wildman–Crippen LogP) is 3.59. The number of nitrogens with one attached hydrogen (secondary N) is 1. The zero-order valence-corrected chi connectivity index (χ0v) is 16.1. The number of methoxy groups -OCH3 is 1. The number of benzene rings is 1. The van der Waals surface area contributed by atoms with E-state index in [0.717, 1.165) is 35.6 Å². The Bertz CT molecular complexity index is 740. The lowest BCUT2D eigenvalue weighted by Crippen LogP contribution is -2.29. The molecular formula is C19H24N2O4S. The second-order valence-electron chi connectivity index (χ2n) is 5.80. The molecule has 1 aromatic carbocycles. The monoisotopic (exact) mass is 376 g/mol. The Labute approximate surface area is 157 Å². The molecule has 0 unspecified atom stereocenters. The first kappa shape index (κ1) is 19.9. The molecule has 0 saturated heterocycles. The minimum absolute atomic E-state index is 0.278. The van der Waals surface area contributed by atoms with Gasteiger partial charge in [-0.2, -0.15) is 0 Å². The first-order chi connectivity index (χ1) is 12.5. The third-order valence-electron chi connectivity index (χ3n) is 3.76. The third kappa shape index (κ3) is 5.56. The minimum atomic E-state index is -0.525. The minimum Gasteiger partial charge on any atom is -0.497 e. The lowest BCUT2D eigenvalue weighted by molar-refractivity contribution is -0.124. The summed E-state index contributed by atoms with van der Waals surface area (Å²) >= 11 is 1.25. The van der Waals surface area contributed by atoms with E-state index in [1.54, 1.807) is 14.0 Å². The van der Waals surface area contributed by atoms with Gasteiger partial charge in [0.25, 0.3) is 5.91 Å². The van der Waals surface area contributed by atoms with E-state index in [9.17, 15) is 9.59 Å². The van der Waals surface area contributed by atoms with Crippen molar-refractivity contribution < 1.29 is 19.1 Å². The molecule has 0 bridgehead atoms. The number of aromatic nitrogens is 1. The van der Waals surface area contributed by atoms with Crippen molar-refractivity contribution in [2.24, 2.45) is 0 Å². The number of esters is 1. The number of hydrogen-bond donors (Lipinski definition) is 1. The SMILES string of the molecule is CCCCCNC(=O)COC(=O)c1sc(-c2ccc(OC)cc2)nc1C. The zero-order chi connectivity index (χ0) is 18.9. The summed E-state index contributed by atoms with van der Waals surface area (Å²) in [6.07, 6.45) is 3.08. The normalized spacial score (nSPS) is 10.4. The number of carbonyl (C=O) groups excluding carboxylic acids is 2. The highest BCUT2D eigenvalue weighted by molar-refractivity contribution is 7.17. The van der Waals surface area contributed by atoms with E-state index in [1.165, 1.54) is 11.3 Å². The van der Waals surface area contributed by atoms with Crippen LogP contribution < -0.4 is 10.1 Å². The molecular weight excluding hydrogens is 352 g/mol. The number of unbranched alkanes of at least 4 members (excludes halogenated alkanes) is 2. The lowest BCUT2D eigenvalue weighted by Gasteiger charge is -2.05. The van der Waals surface area contributed by atoms with Gasteiger partial charge in [-0.05, 0) is 37.6 Å². The molecule has 1 N–H and O–H groups in total. The smallest absolute Gasteiger partial charge is 0.350 e. The van der Waals surface area contributed by atoms with Crippen LogP contribution in [0.15, 0.2) is 24.3 Å². The molecule has 26 heavy (non-hydrogen) atoms. The molecule has 0 aliphatic carbocycles. The Morgan fingerprint density at radius 1 is 1.19 bits per heavy atom. The number of aryl methyl sites for hydroxylation is 1. The van der Waals surface area contributed by atoms with Gasteiger partial charge in [0.05, 0.1) is 12.8 Å². The molecule has 0 aliphatic heterocycles. The third-order valence-corrected chi connectivity index (χ3v) is 4.94. The molecule has 2 rings (SSSR count). The molecule has 1 heterocycles. The number of thiazole rings is 1. The molecule has 0 radical (unpaired) electrons. The van der Waals surface area contributed by atoms with Crippen molar-refractivity contribution in [2.75, 3.05) is 20.3 Å². The van der Waals surface area contributed by atoms with Gasteiger partial charge in [0.2, 0.25) is 0 Å². The van der Waals surface area contributed by atoms with Crippen molar-refractivity contribution >= 4 is 23.2 Å². The largest absolute Gasteiger partial charge is 0.497 e. The first-order valence-corrected chi connectivity index (χ1v) is 9.42. The maximum atomic E-state index is 12.2. The van der Waals surface area contributed by atoms with E-state index >= 15 is 0 Å². The van der Waals surface area contributed by atoms with Gasteiger partial charge in [0.15, 0.2) is 6.61 Å². The molecule has 0 aliphatic rings. The molecule has 140 valence electrons. The highest BCUT2D eigenvalue weighted by Crippen LogP contribution is 2.29. The van der Waals surface area contributed by atoms with Crippen LogP contribution >= 0.6 is 11.3 Å². The maximum absolute atomic E-state index is 12.2. The van der Waals surface area contributed by atoms with E-state index in [4.69, 9.17) is 9.47 Å². The van der Waals surface area contributed by atoms with Gasteiger partial charge < -0.3 is 14.8 Å². The lowest BCUT2D eigenvalue weighted by atomic mass is 10.2. The Kier molecular flexibility index (Phi) is 7.59. The summed E-state index contributed by atoms with van der Waals surface area (Å²) in [5.74, 6) is -0.0536. The van der Waals surface area contributed by atoms with Crippen LogP contribution in [0.5, 0.6) is 5.75 Å². The molecule has 6 nitrogen and oxygen atoms in total. The van der Waals surface area contributed by atoms with Crippen molar-refractivity contribution in [3.63, 3.8) is 0 Å². The van der Waals surface area contributed by atoms with Crippen LogP contribution in [0.2, 0.25) is 0 Å². The fourth-order valence-corrected chi connectivity index (χ4v) is 3.26. The number of ether oxygens (including phenoxy) is 2. The van der Waals surface area contributed by atoms with E-state index in [1.807, 2.05) is 24.3 Å². The van der Waals surface area contributed by atoms with Crippen LogP contribution in [0.4, 0.5) is 0 Å². The number of carbonyl (C=O) groups is 2. The zero-order valence-electron chi connectivity index (χ0n) is 15.3. The number of amides is 1.